The smallest absolute Gasteiger partial charge is 0.338 e. The maximum atomic E-state index is 12.5. The molecule has 1 atom stereocenters. The average Bonchev–Trinajstić information content (AvgIpc) is 2.83. The molecule has 4 nitrogen and oxygen atoms in total. The zero-order chi connectivity index (χ0) is 23.0. The molecule has 0 amide bonds. The number of aliphatic hydroxyl groups is 1. The molecule has 0 aromatic heterocycles. The van der Waals surface area contributed by atoms with Crippen LogP contribution in [0.5, 0.6) is 0 Å². The van der Waals surface area contributed by atoms with Gasteiger partial charge in [-0.1, -0.05) is 86.1 Å². The highest BCUT2D eigenvalue weighted by atomic mass is 16.5. The van der Waals surface area contributed by atoms with E-state index in [-0.39, 0.29) is 11.9 Å². The molecule has 3 aromatic rings. The Labute approximate surface area is 196 Å². The number of carbonyl (C=O) groups excluding carboxylic acids is 1. The van der Waals surface area contributed by atoms with E-state index in [1.807, 2.05) is 31.2 Å². The normalized spacial score (nSPS) is 15.9. The van der Waals surface area contributed by atoms with Crippen molar-refractivity contribution in [2.24, 2.45) is 0 Å². The van der Waals surface area contributed by atoms with Crippen molar-refractivity contribution < 1.29 is 14.6 Å². The first-order valence-electron chi connectivity index (χ1n) is 11.7. The topological polar surface area (TPSA) is 49.8 Å². The fourth-order valence-electron chi connectivity index (χ4n) is 4.29. The van der Waals surface area contributed by atoms with E-state index < -0.39 is 5.97 Å². The molecule has 0 radical (unpaired) electrons. The van der Waals surface area contributed by atoms with Crippen LogP contribution in [0.1, 0.15) is 42.9 Å². The van der Waals surface area contributed by atoms with Crippen LogP contribution in [0.2, 0.25) is 0 Å². The molecule has 1 N–H and O–H groups in total. The Kier molecular flexibility index (Phi) is 7.46. The van der Waals surface area contributed by atoms with Crippen molar-refractivity contribution in [2.45, 2.75) is 51.8 Å². The molecule has 0 fully saturated rings. The summed E-state index contributed by atoms with van der Waals surface area (Å²) in [7, 11) is 0. The Bertz CT molecular complexity index is 1050. The summed E-state index contributed by atoms with van der Waals surface area (Å²) in [6.45, 7) is 3.59. The number of ether oxygens (including phenoxy) is 1. The van der Waals surface area contributed by atoms with Crippen molar-refractivity contribution in [3.05, 3.63) is 113 Å². The van der Waals surface area contributed by atoms with E-state index in [4.69, 9.17) is 4.74 Å². The van der Waals surface area contributed by atoms with Gasteiger partial charge in [-0.3, -0.25) is 0 Å². The third-order valence-electron chi connectivity index (χ3n) is 5.99. The van der Waals surface area contributed by atoms with Crippen molar-refractivity contribution in [2.75, 3.05) is 4.90 Å². The zero-order valence-electron chi connectivity index (χ0n) is 19.1. The molecule has 0 spiro atoms. The van der Waals surface area contributed by atoms with Gasteiger partial charge in [-0.15, -0.1) is 0 Å². The summed E-state index contributed by atoms with van der Waals surface area (Å²) < 4.78 is 5.55. The number of esters is 1. The van der Waals surface area contributed by atoms with Gasteiger partial charge in [0.2, 0.25) is 0 Å². The zero-order valence-corrected chi connectivity index (χ0v) is 19.1. The van der Waals surface area contributed by atoms with Crippen LogP contribution >= 0.6 is 0 Å². The van der Waals surface area contributed by atoms with Crippen LogP contribution in [-0.2, 0) is 29.0 Å². The summed E-state index contributed by atoms with van der Waals surface area (Å²) in [5.74, 6) is -0.228. The van der Waals surface area contributed by atoms with Crippen LogP contribution < -0.4 is 4.90 Å². The fraction of sp³-hybridized carbons (Fsp3) is 0.276. The Morgan fingerprint density at radius 2 is 1.48 bits per heavy atom. The third kappa shape index (κ3) is 6.04. The van der Waals surface area contributed by atoms with E-state index in [9.17, 15) is 9.90 Å². The first-order chi connectivity index (χ1) is 16.1. The molecular formula is C29H31NO3. The second kappa shape index (κ2) is 10.9. The molecule has 170 valence electrons. The van der Waals surface area contributed by atoms with Crippen molar-refractivity contribution in [1.82, 2.24) is 0 Å². The van der Waals surface area contributed by atoms with Gasteiger partial charge in [0.1, 0.15) is 11.9 Å². The number of benzene rings is 3. The lowest BCUT2D eigenvalue weighted by atomic mass is 9.97. The lowest BCUT2D eigenvalue weighted by molar-refractivity contribution is -0.147. The average molecular weight is 442 g/mol. The van der Waals surface area contributed by atoms with Gasteiger partial charge >= 0.3 is 5.97 Å². The molecule has 0 aliphatic carbocycles. The first-order valence-corrected chi connectivity index (χ1v) is 11.7. The van der Waals surface area contributed by atoms with E-state index in [1.165, 1.54) is 11.1 Å². The van der Waals surface area contributed by atoms with Crippen molar-refractivity contribution in [3.8, 4) is 0 Å². The van der Waals surface area contributed by atoms with Gasteiger partial charge in [0.15, 0.2) is 0 Å². The molecule has 0 saturated carbocycles. The maximum Gasteiger partial charge on any atom is 0.338 e. The second-order valence-electron chi connectivity index (χ2n) is 8.62. The van der Waals surface area contributed by atoms with Crippen LogP contribution in [0.4, 0.5) is 5.69 Å². The number of hydrogen-bond donors (Lipinski definition) is 1. The SMILES string of the molecule is CCCC1CC(O)=C(Cc2cccc(N(Cc3ccccc3)Cc3ccccc3)c2)C(=O)O1. The highest BCUT2D eigenvalue weighted by Crippen LogP contribution is 2.27. The molecule has 1 unspecified atom stereocenters. The lowest BCUT2D eigenvalue weighted by Gasteiger charge is -2.27. The third-order valence-corrected chi connectivity index (χ3v) is 5.99. The molecular weight excluding hydrogens is 410 g/mol. The molecule has 0 saturated heterocycles. The van der Waals surface area contributed by atoms with Crippen molar-refractivity contribution in [1.29, 1.82) is 0 Å². The van der Waals surface area contributed by atoms with Crippen LogP contribution in [0.15, 0.2) is 96.3 Å². The summed E-state index contributed by atoms with van der Waals surface area (Å²) in [5, 5.41) is 10.5. The highest BCUT2D eigenvalue weighted by Gasteiger charge is 2.28. The Morgan fingerprint density at radius 3 is 2.06 bits per heavy atom. The number of nitrogens with zero attached hydrogens (tertiary/aromatic N) is 1. The van der Waals surface area contributed by atoms with Gasteiger partial charge in [-0.25, -0.2) is 4.79 Å². The summed E-state index contributed by atoms with van der Waals surface area (Å²) in [5.41, 5.74) is 4.89. The van der Waals surface area contributed by atoms with E-state index in [0.29, 0.717) is 18.4 Å². The van der Waals surface area contributed by atoms with Gasteiger partial charge in [0.25, 0.3) is 0 Å². The van der Waals surface area contributed by atoms with E-state index in [1.54, 1.807) is 0 Å². The molecule has 1 aliphatic heterocycles. The largest absolute Gasteiger partial charge is 0.512 e. The van der Waals surface area contributed by atoms with Crippen molar-refractivity contribution >= 4 is 11.7 Å². The highest BCUT2D eigenvalue weighted by molar-refractivity contribution is 5.90. The molecule has 3 aromatic carbocycles. The minimum atomic E-state index is -0.395. The van der Waals surface area contributed by atoms with Gasteiger partial charge < -0.3 is 14.7 Å². The van der Waals surface area contributed by atoms with Crippen LogP contribution in [0, 0.1) is 0 Å². The van der Waals surface area contributed by atoms with E-state index >= 15 is 0 Å². The minimum Gasteiger partial charge on any atom is -0.512 e. The number of carbonyl (C=O) groups is 1. The fourth-order valence-corrected chi connectivity index (χ4v) is 4.29. The Morgan fingerprint density at radius 1 is 0.879 bits per heavy atom. The van der Waals surface area contributed by atoms with Crippen LogP contribution in [0.3, 0.4) is 0 Å². The van der Waals surface area contributed by atoms with Gasteiger partial charge in [-0.2, -0.15) is 0 Å². The van der Waals surface area contributed by atoms with Gasteiger partial charge in [0, 0.05) is 31.6 Å². The Balaban J connectivity index is 1.57. The summed E-state index contributed by atoms with van der Waals surface area (Å²) >= 11 is 0. The number of aliphatic hydroxyl groups excluding tert-OH is 1. The predicted molar refractivity (Wildman–Crippen MR) is 132 cm³/mol. The van der Waals surface area contributed by atoms with Gasteiger partial charge in [-0.05, 0) is 35.2 Å². The van der Waals surface area contributed by atoms with Crippen LogP contribution in [-0.4, -0.2) is 17.2 Å². The first kappa shape index (κ1) is 22.7. The Hall–Kier alpha value is -3.53. The molecule has 1 aliphatic rings. The summed E-state index contributed by atoms with van der Waals surface area (Å²) in [6.07, 6.45) is 2.24. The summed E-state index contributed by atoms with van der Waals surface area (Å²) in [4.78, 5) is 14.9. The van der Waals surface area contributed by atoms with Gasteiger partial charge in [0.05, 0.1) is 5.57 Å². The molecule has 1 heterocycles. The number of anilines is 1. The molecule has 4 rings (SSSR count). The molecule has 33 heavy (non-hydrogen) atoms. The standard InChI is InChI=1S/C29H31NO3/c1-2-10-26-19-28(31)27(29(32)33-26)18-24-15-9-16-25(17-24)30(20-22-11-5-3-6-12-22)21-23-13-7-4-8-14-23/h3-9,11-17,26,31H,2,10,18-21H2,1H3. The minimum absolute atomic E-state index is 0.167. The van der Waals surface area contributed by atoms with Crippen molar-refractivity contribution in [3.63, 3.8) is 0 Å². The monoisotopic (exact) mass is 441 g/mol. The molecule has 0 bridgehead atoms. The number of cyclic esters (lactones) is 1. The number of hydrogen-bond acceptors (Lipinski definition) is 4. The maximum absolute atomic E-state index is 12.5. The predicted octanol–water partition coefficient (Wildman–Crippen LogP) is 6.36. The van der Waals surface area contributed by atoms with E-state index in [0.717, 1.165) is 37.2 Å². The second-order valence-corrected chi connectivity index (χ2v) is 8.62. The summed E-state index contributed by atoms with van der Waals surface area (Å²) in [6, 6.07) is 29.0. The number of rotatable bonds is 9. The van der Waals surface area contributed by atoms with Crippen LogP contribution in [0.25, 0.3) is 0 Å². The molecule has 4 heteroatoms. The lowest BCUT2D eigenvalue weighted by Crippen LogP contribution is -2.27. The van der Waals surface area contributed by atoms with E-state index in [2.05, 4.69) is 65.6 Å². The quantitative estimate of drug-likeness (QED) is 0.392.